The van der Waals surface area contributed by atoms with Crippen molar-refractivity contribution in [2.45, 2.75) is 25.8 Å². The van der Waals surface area contributed by atoms with E-state index >= 15 is 0 Å². The number of nitrogens with zero attached hydrogens (tertiary/aromatic N) is 2. The molecule has 19 heavy (non-hydrogen) atoms. The zero-order valence-corrected chi connectivity index (χ0v) is 11.7. The van der Waals surface area contributed by atoms with Gasteiger partial charge in [0.2, 0.25) is 0 Å². The minimum atomic E-state index is -1.03. The van der Waals surface area contributed by atoms with Crippen molar-refractivity contribution in [3.63, 3.8) is 0 Å². The molecule has 1 heterocycles. The Balaban J connectivity index is 2.67. The van der Waals surface area contributed by atoms with Crippen LogP contribution in [0.5, 0.6) is 0 Å². The second-order valence-corrected chi connectivity index (χ2v) is 4.87. The van der Waals surface area contributed by atoms with Gasteiger partial charge in [-0.2, -0.15) is 11.8 Å². The van der Waals surface area contributed by atoms with Crippen molar-refractivity contribution in [2.75, 3.05) is 12.0 Å². The summed E-state index contributed by atoms with van der Waals surface area (Å²) in [4.78, 5) is 30.9. The number of aromatic nitrogens is 2. The summed E-state index contributed by atoms with van der Waals surface area (Å²) in [5.41, 5.74) is 0.271. The van der Waals surface area contributed by atoms with E-state index in [1.54, 1.807) is 0 Å². The van der Waals surface area contributed by atoms with Crippen LogP contribution in [0, 0.1) is 0 Å². The molecule has 1 aromatic heterocycles. The van der Waals surface area contributed by atoms with Crippen molar-refractivity contribution in [1.29, 1.82) is 0 Å². The summed E-state index contributed by atoms with van der Waals surface area (Å²) in [7, 11) is 0. The van der Waals surface area contributed by atoms with Gasteiger partial charge in [0.05, 0.1) is 5.56 Å². The molecule has 0 aromatic carbocycles. The fourth-order valence-corrected chi connectivity index (χ4v) is 1.86. The molecule has 0 aliphatic heterocycles. The van der Waals surface area contributed by atoms with Crippen molar-refractivity contribution in [3.05, 3.63) is 23.8 Å². The van der Waals surface area contributed by atoms with Gasteiger partial charge in [-0.1, -0.05) is 6.92 Å². The van der Waals surface area contributed by atoms with Crippen LogP contribution in [0.2, 0.25) is 0 Å². The molecule has 6 nitrogen and oxygen atoms in total. The lowest BCUT2D eigenvalue weighted by Crippen LogP contribution is -2.41. The summed E-state index contributed by atoms with van der Waals surface area (Å²) >= 11 is 1.54. The Kier molecular flexibility index (Phi) is 6.27. The third-order valence-electron chi connectivity index (χ3n) is 2.50. The molecule has 1 atom stereocenters. The molecule has 0 bridgehead atoms. The minimum Gasteiger partial charge on any atom is -0.480 e. The standard InChI is InChI=1S/C12H17N3O3S/c1-3-10-13-6-8(7-14-10)11(16)15-9(12(17)18)4-5-19-2/h6-7,9H,3-5H2,1-2H3,(H,15,16)(H,17,18). The summed E-state index contributed by atoms with van der Waals surface area (Å²) in [5, 5.41) is 11.5. The van der Waals surface area contributed by atoms with Crippen LogP contribution >= 0.6 is 11.8 Å². The second kappa shape index (κ2) is 7.73. The van der Waals surface area contributed by atoms with Crippen molar-refractivity contribution >= 4 is 23.6 Å². The van der Waals surface area contributed by atoms with Gasteiger partial charge in [-0.25, -0.2) is 14.8 Å². The molecule has 0 saturated heterocycles. The molecule has 7 heteroatoms. The van der Waals surface area contributed by atoms with E-state index in [4.69, 9.17) is 5.11 Å². The Labute approximate surface area is 116 Å². The molecule has 0 spiro atoms. The van der Waals surface area contributed by atoms with Gasteiger partial charge in [-0.05, 0) is 18.4 Å². The van der Waals surface area contributed by atoms with E-state index in [1.165, 1.54) is 24.2 Å². The highest BCUT2D eigenvalue weighted by Crippen LogP contribution is 2.03. The smallest absolute Gasteiger partial charge is 0.326 e. The highest BCUT2D eigenvalue weighted by molar-refractivity contribution is 7.98. The highest BCUT2D eigenvalue weighted by Gasteiger charge is 2.20. The van der Waals surface area contributed by atoms with Gasteiger partial charge in [0.25, 0.3) is 5.91 Å². The van der Waals surface area contributed by atoms with Crippen LogP contribution in [-0.2, 0) is 11.2 Å². The maximum atomic E-state index is 11.9. The molecular weight excluding hydrogens is 266 g/mol. The Morgan fingerprint density at radius 2 is 2.05 bits per heavy atom. The Bertz CT molecular complexity index is 436. The van der Waals surface area contributed by atoms with E-state index in [-0.39, 0.29) is 5.56 Å². The van der Waals surface area contributed by atoms with Crippen molar-refractivity contribution in [3.8, 4) is 0 Å². The first-order chi connectivity index (χ1) is 9.08. The maximum absolute atomic E-state index is 11.9. The fraction of sp³-hybridized carbons (Fsp3) is 0.500. The molecule has 1 aromatic rings. The molecule has 0 aliphatic rings. The largest absolute Gasteiger partial charge is 0.480 e. The summed E-state index contributed by atoms with van der Waals surface area (Å²) in [5.74, 6) is -0.180. The average Bonchev–Trinajstić information content (AvgIpc) is 2.43. The van der Waals surface area contributed by atoms with Gasteiger partial charge >= 0.3 is 5.97 Å². The zero-order valence-electron chi connectivity index (χ0n) is 10.9. The van der Waals surface area contributed by atoms with E-state index in [9.17, 15) is 9.59 Å². The summed E-state index contributed by atoms with van der Waals surface area (Å²) in [6, 6.07) is -0.884. The van der Waals surface area contributed by atoms with E-state index in [0.717, 1.165) is 0 Å². The average molecular weight is 283 g/mol. The van der Waals surface area contributed by atoms with Gasteiger partial charge in [-0.3, -0.25) is 4.79 Å². The van der Waals surface area contributed by atoms with Crippen molar-refractivity contribution in [2.24, 2.45) is 0 Å². The van der Waals surface area contributed by atoms with E-state index < -0.39 is 17.9 Å². The Morgan fingerprint density at radius 3 is 2.53 bits per heavy atom. The first-order valence-electron chi connectivity index (χ1n) is 5.92. The second-order valence-electron chi connectivity index (χ2n) is 3.89. The highest BCUT2D eigenvalue weighted by atomic mass is 32.2. The first-order valence-corrected chi connectivity index (χ1v) is 7.31. The number of carbonyl (C=O) groups excluding carboxylic acids is 1. The number of nitrogens with one attached hydrogen (secondary N) is 1. The molecule has 2 N–H and O–H groups in total. The Morgan fingerprint density at radius 1 is 1.42 bits per heavy atom. The van der Waals surface area contributed by atoms with Crippen LogP contribution in [-0.4, -0.2) is 45.0 Å². The number of rotatable bonds is 7. The van der Waals surface area contributed by atoms with E-state index in [0.29, 0.717) is 24.4 Å². The summed E-state index contributed by atoms with van der Waals surface area (Å²) in [6.07, 6.45) is 5.78. The zero-order chi connectivity index (χ0) is 14.3. The monoisotopic (exact) mass is 283 g/mol. The number of hydrogen-bond acceptors (Lipinski definition) is 5. The Hall–Kier alpha value is -1.63. The lowest BCUT2D eigenvalue weighted by Gasteiger charge is -2.13. The molecular formula is C12H17N3O3S. The number of aliphatic carboxylic acids is 1. The van der Waals surface area contributed by atoms with Gasteiger partial charge < -0.3 is 10.4 Å². The quantitative estimate of drug-likeness (QED) is 0.775. The molecule has 0 fully saturated rings. The minimum absolute atomic E-state index is 0.271. The van der Waals surface area contributed by atoms with Gasteiger partial charge in [0.15, 0.2) is 0 Å². The number of aryl methyl sites for hydroxylation is 1. The number of hydrogen-bond donors (Lipinski definition) is 2. The SMILES string of the molecule is CCc1ncc(C(=O)NC(CCSC)C(=O)O)cn1. The van der Waals surface area contributed by atoms with E-state index in [1.807, 2.05) is 13.2 Å². The topological polar surface area (TPSA) is 92.2 Å². The van der Waals surface area contributed by atoms with Crippen molar-refractivity contribution < 1.29 is 14.7 Å². The van der Waals surface area contributed by atoms with Gasteiger partial charge in [0, 0.05) is 18.8 Å². The normalized spacial score (nSPS) is 11.9. The number of carboxylic acid groups (broad SMARTS) is 1. The molecule has 1 amide bonds. The molecule has 0 radical (unpaired) electrons. The van der Waals surface area contributed by atoms with Gasteiger partial charge in [0.1, 0.15) is 11.9 Å². The van der Waals surface area contributed by atoms with Crippen LogP contribution in [0.1, 0.15) is 29.5 Å². The van der Waals surface area contributed by atoms with Crippen LogP contribution < -0.4 is 5.32 Å². The lowest BCUT2D eigenvalue weighted by atomic mass is 10.2. The fourth-order valence-electron chi connectivity index (χ4n) is 1.39. The van der Waals surface area contributed by atoms with Crippen LogP contribution in [0.25, 0.3) is 0 Å². The predicted octanol–water partition coefficient (Wildman–Crippen LogP) is 0.975. The maximum Gasteiger partial charge on any atom is 0.326 e. The third-order valence-corrected chi connectivity index (χ3v) is 3.14. The molecule has 0 aliphatic carbocycles. The van der Waals surface area contributed by atoms with Crippen LogP contribution in [0.3, 0.4) is 0 Å². The third kappa shape index (κ3) is 4.86. The number of carbonyl (C=O) groups is 2. The van der Waals surface area contributed by atoms with E-state index in [2.05, 4.69) is 15.3 Å². The number of carboxylic acids is 1. The van der Waals surface area contributed by atoms with Gasteiger partial charge in [-0.15, -0.1) is 0 Å². The van der Waals surface area contributed by atoms with Crippen LogP contribution in [0.4, 0.5) is 0 Å². The number of thioether (sulfide) groups is 1. The number of amides is 1. The summed E-state index contributed by atoms with van der Waals surface area (Å²) in [6.45, 7) is 1.91. The summed E-state index contributed by atoms with van der Waals surface area (Å²) < 4.78 is 0. The lowest BCUT2D eigenvalue weighted by molar-refractivity contribution is -0.139. The molecule has 104 valence electrons. The molecule has 1 unspecified atom stereocenters. The first kappa shape index (κ1) is 15.4. The predicted molar refractivity (Wildman–Crippen MR) is 73.3 cm³/mol. The molecule has 1 rings (SSSR count). The van der Waals surface area contributed by atoms with Crippen LogP contribution in [0.15, 0.2) is 12.4 Å². The van der Waals surface area contributed by atoms with Crippen molar-refractivity contribution in [1.82, 2.24) is 15.3 Å². The molecule has 0 saturated carbocycles.